The smallest absolute Gasteiger partial charge is 0.121 e. The first kappa shape index (κ1) is 10.9. The lowest BCUT2D eigenvalue weighted by Crippen LogP contribution is -1.96. The van der Waals surface area contributed by atoms with Crippen LogP contribution in [0.3, 0.4) is 0 Å². The quantitative estimate of drug-likeness (QED) is 0.463. The number of carbonyl (C=O) groups is 1. The first-order valence-corrected chi connectivity index (χ1v) is 4.17. The second-order valence-electron chi connectivity index (χ2n) is 3.09. The summed E-state index contributed by atoms with van der Waals surface area (Å²) in [5.41, 5.74) is 1.26. The van der Waals surface area contributed by atoms with Crippen LogP contribution in [-0.4, -0.2) is 6.29 Å². The molecule has 2 heteroatoms. The maximum atomic E-state index is 10.1. The van der Waals surface area contributed by atoms with Crippen molar-refractivity contribution in [2.24, 2.45) is 5.92 Å². The highest BCUT2D eigenvalue weighted by molar-refractivity contribution is 5.50. The number of hydrogen-bond acceptors (Lipinski definition) is 2. The number of hydrogen-bond donors (Lipinski definition) is 0. The Hall–Kier alpha value is -1.10. The topological polar surface area (TPSA) is 40.9 Å². The fraction of sp³-hybridized carbons (Fsp3) is 0.600. The van der Waals surface area contributed by atoms with Gasteiger partial charge in [-0.05, 0) is 26.7 Å². The van der Waals surface area contributed by atoms with E-state index in [0.717, 1.165) is 19.1 Å². The molecular formula is C10H15NO. The average Bonchev–Trinajstić information content (AvgIpc) is 2.02. The Morgan fingerprint density at radius 2 is 2.25 bits per heavy atom. The number of rotatable bonds is 5. The Morgan fingerprint density at radius 3 is 2.67 bits per heavy atom. The number of aldehydes is 1. The van der Waals surface area contributed by atoms with Gasteiger partial charge < -0.3 is 4.79 Å². The molecule has 0 aromatic heterocycles. The van der Waals surface area contributed by atoms with Crippen molar-refractivity contribution < 1.29 is 4.79 Å². The third-order valence-electron chi connectivity index (χ3n) is 1.63. The first-order chi connectivity index (χ1) is 5.70. The van der Waals surface area contributed by atoms with Crippen molar-refractivity contribution in [1.82, 2.24) is 0 Å². The molecule has 0 rings (SSSR count). The Labute approximate surface area is 73.9 Å². The summed E-state index contributed by atoms with van der Waals surface area (Å²) in [6, 6.07) is 2.12. The van der Waals surface area contributed by atoms with Gasteiger partial charge in [0.2, 0.25) is 0 Å². The molecule has 0 bridgehead atoms. The molecule has 1 atom stereocenters. The SMILES string of the molecule is CC(C)=CCCC(C#N)CC=O. The molecule has 0 heterocycles. The molecule has 0 spiro atoms. The number of carbonyl (C=O) groups excluding carboxylic acids is 1. The molecule has 0 aromatic carbocycles. The van der Waals surface area contributed by atoms with Crippen molar-refractivity contribution in [1.29, 1.82) is 5.26 Å². The molecule has 0 aromatic rings. The fourth-order valence-electron chi connectivity index (χ4n) is 0.924. The van der Waals surface area contributed by atoms with Crippen LogP contribution in [0.15, 0.2) is 11.6 Å². The number of nitrogens with zero attached hydrogens (tertiary/aromatic N) is 1. The monoisotopic (exact) mass is 165 g/mol. The third kappa shape index (κ3) is 5.67. The van der Waals surface area contributed by atoms with Crippen LogP contribution in [0.1, 0.15) is 33.1 Å². The van der Waals surface area contributed by atoms with Crippen molar-refractivity contribution in [3.63, 3.8) is 0 Å². The molecule has 0 fully saturated rings. The number of allylic oxidation sites excluding steroid dienone is 2. The van der Waals surface area contributed by atoms with Crippen molar-refractivity contribution in [3.05, 3.63) is 11.6 Å². The molecule has 1 unspecified atom stereocenters. The van der Waals surface area contributed by atoms with Gasteiger partial charge in [0.05, 0.1) is 12.0 Å². The molecule has 0 aliphatic carbocycles. The lowest BCUT2D eigenvalue weighted by Gasteiger charge is -2.01. The molecule has 66 valence electrons. The van der Waals surface area contributed by atoms with E-state index in [2.05, 4.69) is 12.1 Å². The predicted octanol–water partition coefficient (Wildman–Crippen LogP) is 2.46. The van der Waals surface area contributed by atoms with Gasteiger partial charge in [-0.1, -0.05) is 11.6 Å². The van der Waals surface area contributed by atoms with E-state index in [-0.39, 0.29) is 5.92 Å². The van der Waals surface area contributed by atoms with Crippen LogP contribution in [-0.2, 0) is 4.79 Å². The molecule has 12 heavy (non-hydrogen) atoms. The summed E-state index contributed by atoms with van der Waals surface area (Å²) < 4.78 is 0. The van der Waals surface area contributed by atoms with Gasteiger partial charge in [-0.15, -0.1) is 0 Å². The van der Waals surface area contributed by atoms with E-state index in [1.54, 1.807) is 0 Å². The molecule has 0 amide bonds. The van der Waals surface area contributed by atoms with Crippen LogP contribution in [0, 0.1) is 17.2 Å². The summed E-state index contributed by atoms with van der Waals surface area (Å²) in [5, 5.41) is 8.59. The first-order valence-electron chi connectivity index (χ1n) is 4.17. The van der Waals surface area contributed by atoms with Gasteiger partial charge in [0.15, 0.2) is 0 Å². The highest BCUT2D eigenvalue weighted by Gasteiger charge is 2.04. The van der Waals surface area contributed by atoms with Gasteiger partial charge in [0.25, 0.3) is 0 Å². The Balaban J connectivity index is 3.67. The lowest BCUT2D eigenvalue weighted by molar-refractivity contribution is -0.108. The molecule has 0 N–H and O–H groups in total. The highest BCUT2D eigenvalue weighted by Crippen LogP contribution is 2.09. The van der Waals surface area contributed by atoms with Crippen LogP contribution in [0.4, 0.5) is 0 Å². The maximum Gasteiger partial charge on any atom is 0.121 e. The van der Waals surface area contributed by atoms with Crippen LogP contribution in [0.2, 0.25) is 0 Å². The number of nitriles is 1. The average molecular weight is 165 g/mol. The molecule has 2 nitrogen and oxygen atoms in total. The van der Waals surface area contributed by atoms with Gasteiger partial charge in [-0.25, -0.2) is 0 Å². The van der Waals surface area contributed by atoms with E-state index in [1.165, 1.54) is 5.57 Å². The summed E-state index contributed by atoms with van der Waals surface area (Å²) in [6.45, 7) is 4.06. The van der Waals surface area contributed by atoms with E-state index < -0.39 is 0 Å². The van der Waals surface area contributed by atoms with Crippen molar-refractivity contribution >= 4 is 6.29 Å². The zero-order valence-electron chi connectivity index (χ0n) is 7.71. The van der Waals surface area contributed by atoms with E-state index in [9.17, 15) is 4.79 Å². The van der Waals surface area contributed by atoms with Gasteiger partial charge in [0.1, 0.15) is 6.29 Å². The van der Waals surface area contributed by atoms with Crippen LogP contribution >= 0.6 is 0 Å². The van der Waals surface area contributed by atoms with Crippen LogP contribution in [0.25, 0.3) is 0 Å². The fourth-order valence-corrected chi connectivity index (χ4v) is 0.924. The lowest BCUT2D eigenvalue weighted by atomic mass is 10.0. The minimum absolute atomic E-state index is 0.0990. The van der Waals surface area contributed by atoms with E-state index in [1.807, 2.05) is 13.8 Å². The van der Waals surface area contributed by atoms with Gasteiger partial charge >= 0.3 is 0 Å². The van der Waals surface area contributed by atoms with Crippen molar-refractivity contribution in [2.75, 3.05) is 0 Å². The van der Waals surface area contributed by atoms with Crippen molar-refractivity contribution in [2.45, 2.75) is 33.1 Å². The molecule has 0 saturated heterocycles. The Kier molecular flexibility index (Phi) is 6.00. The molecular weight excluding hydrogens is 150 g/mol. The van der Waals surface area contributed by atoms with E-state index in [0.29, 0.717) is 6.42 Å². The summed E-state index contributed by atoms with van der Waals surface area (Å²) in [6.07, 6.45) is 4.97. The molecule has 0 aliphatic rings. The minimum atomic E-state index is -0.0990. The second kappa shape index (κ2) is 6.60. The van der Waals surface area contributed by atoms with E-state index >= 15 is 0 Å². The van der Waals surface area contributed by atoms with Crippen molar-refractivity contribution in [3.8, 4) is 6.07 Å². The zero-order valence-corrected chi connectivity index (χ0v) is 7.71. The van der Waals surface area contributed by atoms with Gasteiger partial charge in [-0.3, -0.25) is 0 Å². The maximum absolute atomic E-state index is 10.1. The highest BCUT2D eigenvalue weighted by atomic mass is 16.1. The Bertz CT molecular complexity index is 196. The zero-order chi connectivity index (χ0) is 9.40. The minimum Gasteiger partial charge on any atom is -0.303 e. The van der Waals surface area contributed by atoms with Gasteiger partial charge in [-0.2, -0.15) is 5.26 Å². The van der Waals surface area contributed by atoms with Crippen LogP contribution in [0.5, 0.6) is 0 Å². The second-order valence-corrected chi connectivity index (χ2v) is 3.09. The van der Waals surface area contributed by atoms with Crippen LogP contribution < -0.4 is 0 Å². The molecule has 0 aliphatic heterocycles. The third-order valence-corrected chi connectivity index (χ3v) is 1.63. The van der Waals surface area contributed by atoms with Gasteiger partial charge in [0, 0.05) is 6.42 Å². The molecule has 0 radical (unpaired) electrons. The normalized spacial score (nSPS) is 11.4. The summed E-state index contributed by atoms with van der Waals surface area (Å²) in [5.74, 6) is -0.0990. The summed E-state index contributed by atoms with van der Waals surface area (Å²) in [4.78, 5) is 10.1. The predicted molar refractivity (Wildman–Crippen MR) is 48.4 cm³/mol. The summed E-state index contributed by atoms with van der Waals surface area (Å²) >= 11 is 0. The standard InChI is InChI=1S/C10H15NO/c1-9(2)4-3-5-10(8-11)6-7-12/h4,7,10H,3,5-6H2,1-2H3. The largest absolute Gasteiger partial charge is 0.303 e. The summed E-state index contributed by atoms with van der Waals surface area (Å²) in [7, 11) is 0. The van der Waals surface area contributed by atoms with E-state index in [4.69, 9.17) is 5.26 Å². The Morgan fingerprint density at radius 1 is 1.58 bits per heavy atom. The molecule has 0 saturated carbocycles.